The van der Waals surface area contributed by atoms with Crippen LogP contribution < -0.4 is 0 Å². The summed E-state index contributed by atoms with van der Waals surface area (Å²) < 4.78 is 0.950. The van der Waals surface area contributed by atoms with Gasteiger partial charge in [-0.2, -0.15) is 0 Å². The maximum Gasteiger partial charge on any atom is 0.167 e. The molecule has 0 aromatic carbocycles. The minimum Gasteiger partial charge on any atom is -0.252 e. The zero-order valence-corrected chi connectivity index (χ0v) is 9.26. The molecule has 0 saturated heterocycles. The molecule has 0 unspecified atom stereocenters. The lowest BCUT2D eigenvalue weighted by Gasteiger charge is -1.95. The van der Waals surface area contributed by atoms with Gasteiger partial charge in [-0.05, 0) is 35.0 Å². The van der Waals surface area contributed by atoms with Crippen LogP contribution in [0.5, 0.6) is 0 Å². The van der Waals surface area contributed by atoms with Crippen molar-refractivity contribution in [3.8, 4) is 10.7 Å². The second-order valence-corrected chi connectivity index (χ2v) is 4.50. The molecule has 66 valence electrons. The van der Waals surface area contributed by atoms with Gasteiger partial charge >= 0.3 is 0 Å². The summed E-state index contributed by atoms with van der Waals surface area (Å²) in [4.78, 5) is 4.22. The predicted molar refractivity (Wildman–Crippen MR) is 55.6 cm³/mol. The van der Waals surface area contributed by atoms with Crippen molar-refractivity contribution >= 4 is 27.3 Å². The molecule has 2 aromatic rings. The Labute approximate surface area is 88.0 Å². The minimum atomic E-state index is 0.852. The van der Waals surface area contributed by atoms with Crippen LogP contribution >= 0.6 is 27.3 Å². The summed E-state index contributed by atoms with van der Waals surface area (Å²) in [6.07, 6.45) is 1.75. The van der Waals surface area contributed by atoms with Gasteiger partial charge in [0.25, 0.3) is 0 Å². The number of halogens is 1. The first-order valence-electron chi connectivity index (χ1n) is 3.68. The van der Waals surface area contributed by atoms with E-state index >= 15 is 0 Å². The Morgan fingerprint density at radius 2 is 2.23 bits per heavy atom. The van der Waals surface area contributed by atoms with E-state index in [1.807, 2.05) is 19.1 Å². The second kappa shape index (κ2) is 3.51. The van der Waals surface area contributed by atoms with Crippen molar-refractivity contribution in [2.75, 3.05) is 0 Å². The zero-order valence-electron chi connectivity index (χ0n) is 6.86. The fourth-order valence-electron chi connectivity index (χ4n) is 0.935. The third kappa shape index (κ3) is 1.76. The Balaban J connectivity index is 2.52. The summed E-state index contributed by atoms with van der Waals surface area (Å²) in [5, 5.41) is 9.77. The van der Waals surface area contributed by atoms with Crippen LogP contribution in [0, 0.1) is 6.92 Å². The Hall–Kier alpha value is -0.810. The van der Waals surface area contributed by atoms with E-state index in [4.69, 9.17) is 0 Å². The summed E-state index contributed by atoms with van der Waals surface area (Å²) >= 11 is 4.96. The van der Waals surface area contributed by atoms with E-state index in [9.17, 15) is 0 Å². The van der Waals surface area contributed by atoms with Gasteiger partial charge in [0.15, 0.2) is 5.01 Å². The fourth-order valence-corrected chi connectivity index (χ4v) is 2.21. The molecule has 0 bridgehead atoms. The maximum atomic E-state index is 4.22. The average Bonchev–Trinajstić information content (AvgIpc) is 2.53. The molecular weight excluding hydrogens is 250 g/mol. The van der Waals surface area contributed by atoms with Gasteiger partial charge in [0, 0.05) is 10.7 Å². The Morgan fingerprint density at radius 3 is 2.85 bits per heavy atom. The van der Waals surface area contributed by atoms with E-state index in [0.717, 1.165) is 20.2 Å². The van der Waals surface area contributed by atoms with Crippen LogP contribution in [0.25, 0.3) is 10.7 Å². The largest absolute Gasteiger partial charge is 0.252 e. The summed E-state index contributed by atoms with van der Waals surface area (Å²) in [5.74, 6) is 0. The molecule has 0 saturated carbocycles. The summed E-state index contributed by atoms with van der Waals surface area (Å²) in [6.45, 7) is 1.93. The maximum absolute atomic E-state index is 4.22. The van der Waals surface area contributed by atoms with Crippen LogP contribution in [0.4, 0.5) is 0 Å². The molecule has 0 spiro atoms. The third-order valence-electron chi connectivity index (χ3n) is 1.49. The van der Waals surface area contributed by atoms with Crippen LogP contribution in [0.15, 0.2) is 22.8 Å². The molecule has 2 heterocycles. The van der Waals surface area contributed by atoms with Crippen LogP contribution in [0.2, 0.25) is 0 Å². The first-order valence-corrected chi connectivity index (χ1v) is 5.29. The van der Waals surface area contributed by atoms with Crippen molar-refractivity contribution in [3.05, 3.63) is 27.8 Å². The minimum absolute atomic E-state index is 0.852. The lowest BCUT2D eigenvalue weighted by molar-refractivity contribution is 1.05. The number of hydrogen-bond acceptors (Lipinski definition) is 4. The molecule has 0 radical (unpaired) electrons. The topological polar surface area (TPSA) is 38.7 Å². The van der Waals surface area contributed by atoms with E-state index in [1.54, 1.807) is 17.5 Å². The molecule has 13 heavy (non-hydrogen) atoms. The first-order chi connectivity index (χ1) is 6.27. The molecule has 0 atom stereocenters. The van der Waals surface area contributed by atoms with Crippen molar-refractivity contribution in [3.63, 3.8) is 0 Å². The van der Waals surface area contributed by atoms with Gasteiger partial charge in [-0.15, -0.1) is 10.2 Å². The number of aromatic nitrogens is 3. The van der Waals surface area contributed by atoms with Crippen molar-refractivity contribution in [2.24, 2.45) is 0 Å². The number of aryl methyl sites for hydroxylation is 1. The quantitative estimate of drug-likeness (QED) is 0.787. The molecule has 0 amide bonds. The van der Waals surface area contributed by atoms with Crippen molar-refractivity contribution in [1.82, 2.24) is 15.2 Å². The van der Waals surface area contributed by atoms with Gasteiger partial charge in [0.05, 0.1) is 0 Å². The highest BCUT2D eigenvalue weighted by Crippen LogP contribution is 2.27. The monoisotopic (exact) mass is 255 g/mol. The number of hydrogen-bond donors (Lipinski definition) is 0. The van der Waals surface area contributed by atoms with Gasteiger partial charge in [-0.3, -0.25) is 4.98 Å². The van der Waals surface area contributed by atoms with E-state index in [2.05, 4.69) is 31.1 Å². The highest BCUT2D eigenvalue weighted by atomic mass is 79.9. The SMILES string of the molecule is Cc1nnc(-c2ncccc2Br)s1. The molecule has 0 aliphatic rings. The van der Waals surface area contributed by atoms with Crippen molar-refractivity contribution < 1.29 is 0 Å². The van der Waals surface area contributed by atoms with Crippen molar-refractivity contribution in [1.29, 1.82) is 0 Å². The van der Waals surface area contributed by atoms with Crippen LogP contribution in [0.1, 0.15) is 5.01 Å². The Morgan fingerprint density at radius 1 is 1.38 bits per heavy atom. The zero-order chi connectivity index (χ0) is 9.26. The first kappa shape index (κ1) is 8.77. The molecule has 2 aromatic heterocycles. The number of nitrogens with zero attached hydrogens (tertiary/aromatic N) is 3. The summed E-state index contributed by atoms with van der Waals surface area (Å²) in [7, 11) is 0. The van der Waals surface area contributed by atoms with Gasteiger partial charge in [0.2, 0.25) is 0 Å². The summed E-state index contributed by atoms with van der Waals surface area (Å²) in [5.41, 5.74) is 0.855. The Bertz CT molecular complexity index is 427. The van der Waals surface area contributed by atoms with Crippen LogP contribution in [0.3, 0.4) is 0 Å². The highest BCUT2D eigenvalue weighted by Gasteiger charge is 2.08. The molecule has 0 N–H and O–H groups in total. The second-order valence-electron chi connectivity index (χ2n) is 2.46. The molecule has 0 aliphatic carbocycles. The average molecular weight is 256 g/mol. The molecule has 2 rings (SSSR count). The van der Waals surface area contributed by atoms with E-state index < -0.39 is 0 Å². The molecular formula is C8H6BrN3S. The predicted octanol–water partition coefficient (Wildman–Crippen LogP) is 2.67. The van der Waals surface area contributed by atoms with Gasteiger partial charge in [-0.1, -0.05) is 11.3 Å². The number of rotatable bonds is 1. The molecule has 0 fully saturated rings. The van der Waals surface area contributed by atoms with E-state index in [-0.39, 0.29) is 0 Å². The standard InChI is InChI=1S/C8H6BrN3S/c1-5-11-12-8(13-5)7-6(9)3-2-4-10-7/h2-4H,1H3. The normalized spacial score (nSPS) is 10.3. The molecule has 5 heteroatoms. The van der Waals surface area contributed by atoms with Gasteiger partial charge in [-0.25, -0.2) is 0 Å². The highest BCUT2D eigenvalue weighted by molar-refractivity contribution is 9.10. The van der Waals surface area contributed by atoms with Crippen LogP contribution in [-0.2, 0) is 0 Å². The smallest absolute Gasteiger partial charge is 0.167 e. The lowest BCUT2D eigenvalue weighted by atomic mass is 10.4. The lowest BCUT2D eigenvalue weighted by Crippen LogP contribution is -1.82. The molecule has 0 aliphatic heterocycles. The third-order valence-corrected chi connectivity index (χ3v) is 2.97. The van der Waals surface area contributed by atoms with Crippen LogP contribution in [-0.4, -0.2) is 15.2 Å². The fraction of sp³-hybridized carbons (Fsp3) is 0.125. The van der Waals surface area contributed by atoms with Gasteiger partial charge < -0.3 is 0 Å². The molecule has 3 nitrogen and oxygen atoms in total. The Kier molecular flexibility index (Phi) is 2.37. The van der Waals surface area contributed by atoms with Crippen molar-refractivity contribution in [2.45, 2.75) is 6.92 Å². The number of pyridine rings is 1. The van der Waals surface area contributed by atoms with Gasteiger partial charge in [0.1, 0.15) is 10.7 Å². The van der Waals surface area contributed by atoms with E-state index in [1.165, 1.54) is 0 Å². The summed E-state index contributed by atoms with van der Waals surface area (Å²) in [6, 6.07) is 3.82. The van der Waals surface area contributed by atoms with E-state index in [0.29, 0.717) is 0 Å².